The van der Waals surface area contributed by atoms with Gasteiger partial charge in [0.05, 0.1) is 0 Å². The Labute approximate surface area is 164 Å². The van der Waals surface area contributed by atoms with Gasteiger partial charge in [0.1, 0.15) is 5.82 Å². The second kappa shape index (κ2) is 9.35. The number of hydrogen-bond acceptors (Lipinski definition) is 2. The number of aryl methyl sites for hydroxylation is 1. The third kappa shape index (κ3) is 5.31. The maximum absolute atomic E-state index is 13.2. The minimum Gasteiger partial charge on any atom is -0.352 e. The van der Waals surface area contributed by atoms with E-state index in [-0.39, 0.29) is 11.9 Å². The Morgan fingerprint density at radius 3 is 2.57 bits per heavy atom. The van der Waals surface area contributed by atoms with Gasteiger partial charge in [-0.1, -0.05) is 24.3 Å². The molecule has 2 N–H and O–H groups in total. The summed E-state index contributed by atoms with van der Waals surface area (Å²) in [6.07, 6.45) is 2.68. The largest absolute Gasteiger partial charge is 0.352 e. The van der Waals surface area contributed by atoms with E-state index in [4.69, 9.17) is 0 Å². The van der Waals surface area contributed by atoms with Crippen LogP contribution in [0.4, 0.5) is 14.9 Å². The highest BCUT2D eigenvalue weighted by Crippen LogP contribution is 2.21. The van der Waals surface area contributed by atoms with Crippen LogP contribution in [0.5, 0.6) is 0 Å². The predicted octanol–water partition coefficient (Wildman–Crippen LogP) is 4.20. The number of anilines is 1. The number of hydrogen-bond donors (Lipinski definition) is 2. The number of para-hydroxylation sites is 1. The maximum Gasteiger partial charge on any atom is 0.321 e. The van der Waals surface area contributed by atoms with E-state index in [1.165, 1.54) is 18.2 Å². The zero-order valence-corrected chi connectivity index (χ0v) is 16.1. The molecule has 1 saturated heterocycles. The van der Waals surface area contributed by atoms with Crippen LogP contribution in [0.1, 0.15) is 35.2 Å². The fourth-order valence-electron chi connectivity index (χ4n) is 3.45. The van der Waals surface area contributed by atoms with Crippen LogP contribution in [-0.4, -0.2) is 36.5 Å². The van der Waals surface area contributed by atoms with Crippen LogP contribution >= 0.6 is 0 Å². The summed E-state index contributed by atoms with van der Waals surface area (Å²) in [7, 11) is 0. The van der Waals surface area contributed by atoms with Gasteiger partial charge in [-0.05, 0) is 61.9 Å². The molecule has 3 rings (SSSR count). The van der Waals surface area contributed by atoms with Crippen molar-refractivity contribution in [3.8, 4) is 0 Å². The van der Waals surface area contributed by atoms with Crippen LogP contribution in [0.3, 0.4) is 0 Å². The van der Waals surface area contributed by atoms with Crippen molar-refractivity contribution < 1.29 is 14.0 Å². The van der Waals surface area contributed by atoms with Crippen LogP contribution < -0.4 is 10.6 Å². The number of carbonyl (C=O) groups is 2. The monoisotopic (exact) mass is 383 g/mol. The fraction of sp³-hybridized carbons (Fsp3) is 0.364. The smallest absolute Gasteiger partial charge is 0.321 e. The molecule has 0 spiro atoms. The standard InChI is InChI=1S/C22H26FN3O2/c1-16-5-2-3-8-20(16)25-22(28)26-13-10-17(11-14-26)9-12-24-21(27)18-6-4-7-19(23)15-18/h2-8,15,17H,9-14H2,1H3,(H,24,27)(H,25,28). The molecule has 1 fully saturated rings. The molecule has 0 radical (unpaired) electrons. The van der Waals surface area contributed by atoms with Crippen LogP contribution in [0.25, 0.3) is 0 Å². The van der Waals surface area contributed by atoms with Crippen molar-refractivity contribution in [2.45, 2.75) is 26.2 Å². The first-order chi connectivity index (χ1) is 13.5. The van der Waals surface area contributed by atoms with Gasteiger partial charge >= 0.3 is 6.03 Å². The van der Waals surface area contributed by atoms with Crippen LogP contribution in [0.15, 0.2) is 48.5 Å². The van der Waals surface area contributed by atoms with Gasteiger partial charge in [-0.15, -0.1) is 0 Å². The normalized spacial score (nSPS) is 14.6. The summed E-state index contributed by atoms with van der Waals surface area (Å²) in [5.41, 5.74) is 2.22. The Bertz CT molecular complexity index is 832. The van der Waals surface area contributed by atoms with Crippen LogP contribution in [0, 0.1) is 18.7 Å². The van der Waals surface area contributed by atoms with Gasteiger partial charge in [0.2, 0.25) is 0 Å². The molecular formula is C22H26FN3O2. The maximum atomic E-state index is 13.2. The van der Waals surface area contributed by atoms with E-state index in [1.54, 1.807) is 6.07 Å². The van der Waals surface area contributed by atoms with E-state index in [9.17, 15) is 14.0 Å². The number of urea groups is 1. The molecule has 3 amide bonds. The summed E-state index contributed by atoms with van der Waals surface area (Å²) in [5.74, 6) is -0.200. The second-order valence-corrected chi connectivity index (χ2v) is 7.23. The molecule has 28 heavy (non-hydrogen) atoms. The number of amides is 3. The molecule has 2 aromatic rings. The molecule has 0 aliphatic carbocycles. The topological polar surface area (TPSA) is 61.4 Å². The van der Waals surface area contributed by atoms with E-state index < -0.39 is 5.82 Å². The van der Waals surface area contributed by atoms with Gasteiger partial charge in [-0.25, -0.2) is 9.18 Å². The van der Waals surface area contributed by atoms with E-state index in [2.05, 4.69) is 10.6 Å². The summed E-state index contributed by atoms with van der Waals surface area (Å²) >= 11 is 0. The summed E-state index contributed by atoms with van der Waals surface area (Å²) in [6.45, 7) is 3.94. The third-order valence-electron chi connectivity index (χ3n) is 5.21. The number of likely N-dealkylation sites (tertiary alicyclic amines) is 1. The van der Waals surface area contributed by atoms with E-state index in [0.717, 1.165) is 30.5 Å². The molecule has 1 aliphatic heterocycles. The molecule has 0 bridgehead atoms. The summed E-state index contributed by atoms with van der Waals surface area (Å²) < 4.78 is 13.2. The van der Waals surface area contributed by atoms with E-state index in [0.29, 0.717) is 31.1 Å². The number of piperidine rings is 1. The Balaban J connectivity index is 1.39. The zero-order chi connectivity index (χ0) is 19.9. The van der Waals surface area contributed by atoms with E-state index >= 15 is 0 Å². The minimum atomic E-state index is -0.413. The highest BCUT2D eigenvalue weighted by atomic mass is 19.1. The van der Waals surface area contributed by atoms with Gasteiger partial charge in [0, 0.05) is 30.9 Å². The molecule has 0 unspecified atom stereocenters. The summed E-state index contributed by atoms with van der Waals surface area (Å²) in [4.78, 5) is 26.3. The number of nitrogens with one attached hydrogen (secondary N) is 2. The molecule has 2 aromatic carbocycles. The lowest BCUT2D eigenvalue weighted by Crippen LogP contribution is -2.41. The van der Waals surface area contributed by atoms with Crippen molar-refractivity contribution >= 4 is 17.6 Å². The molecule has 1 heterocycles. The lowest BCUT2D eigenvalue weighted by molar-refractivity contribution is 0.0949. The average molecular weight is 383 g/mol. The number of nitrogens with zero attached hydrogens (tertiary/aromatic N) is 1. The van der Waals surface area contributed by atoms with Gasteiger partial charge in [-0.2, -0.15) is 0 Å². The van der Waals surface area contributed by atoms with E-state index in [1.807, 2.05) is 36.1 Å². The molecule has 0 aromatic heterocycles. The molecule has 0 atom stereocenters. The molecule has 1 aliphatic rings. The fourth-order valence-corrected chi connectivity index (χ4v) is 3.45. The Morgan fingerprint density at radius 2 is 1.86 bits per heavy atom. The first kappa shape index (κ1) is 19.9. The Hall–Kier alpha value is -2.89. The Kier molecular flexibility index (Phi) is 6.63. The molecule has 148 valence electrons. The average Bonchev–Trinajstić information content (AvgIpc) is 2.70. The lowest BCUT2D eigenvalue weighted by atomic mass is 9.93. The van der Waals surface area contributed by atoms with Crippen molar-refractivity contribution in [2.75, 3.05) is 25.0 Å². The molecule has 0 saturated carbocycles. The number of benzene rings is 2. The van der Waals surface area contributed by atoms with Crippen LogP contribution in [-0.2, 0) is 0 Å². The van der Waals surface area contributed by atoms with Crippen molar-refractivity contribution in [3.63, 3.8) is 0 Å². The first-order valence-corrected chi connectivity index (χ1v) is 9.68. The highest BCUT2D eigenvalue weighted by Gasteiger charge is 2.23. The predicted molar refractivity (Wildman–Crippen MR) is 108 cm³/mol. The van der Waals surface area contributed by atoms with Gasteiger partial charge in [0.15, 0.2) is 0 Å². The summed E-state index contributed by atoms with van der Waals surface area (Å²) in [6, 6.07) is 13.4. The van der Waals surface area contributed by atoms with Crippen molar-refractivity contribution in [2.24, 2.45) is 5.92 Å². The molecular weight excluding hydrogens is 357 g/mol. The van der Waals surface area contributed by atoms with Crippen LogP contribution in [0.2, 0.25) is 0 Å². The van der Waals surface area contributed by atoms with Crippen molar-refractivity contribution in [1.29, 1.82) is 0 Å². The Morgan fingerprint density at radius 1 is 1.11 bits per heavy atom. The molecule has 5 nitrogen and oxygen atoms in total. The number of carbonyl (C=O) groups excluding carboxylic acids is 2. The zero-order valence-electron chi connectivity index (χ0n) is 16.1. The third-order valence-corrected chi connectivity index (χ3v) is 5.21. The van der Waals surface area contributed by atoms with Gasteiger partial charge < -0.3 is 15.5 Å². The van der Waals surface area contributed by atoms with Crippen molar-refractivity contribution in [3.05, 3.63) is 65.5 Å². The quantitative estimate of drug-likeness (QED) is 0.813. The highest BCUT2D eigenvalue weighted by molar-refractivity contribution is 5.94. The first-order valence-electron chi connectivity index (χ1n) is 9.68. The lowest BCUT2D eigenvalue weighted by Gasteiger charge is -2.32. The second-order valence-electron chi connectivity index (χ2n) is 7.23. The summed E-state index contributed by atoms with van der Waals surface area (Å²) in [5, 5.41) is 5.82. The van der Waals surface area contributed by atoms with Gasteiger partial charge in [-0.3, -0.25) is 4.79 Å². The van der Waals surface area contributed by atoms with Crippen molar-refractivity contribution in [1.82, 2.24) is 10.2 Å². The molecule has 6 heteroatoms. The van der Waals surface area contributed by atoms with Gasteiger partial charge in [0.25, 0.3) is 5.91 Å². The SMILES string of the molecule is Cc1ccccc1NC(=O)N1CCC(CCNC(=O)c2cccc(F)c2)CC1. The number of rotatable bonds is 5. The number of halogens is 1. The minimum absolute atomic E-state index is 0.0628.